The lowest BCUT2D eigenvalue weighted by atomic mass is 10.1. The zero-order valence-electron chi connectivity index (χ0n) is 8.73. The number of nitrogens with zero attached hydrogens (tertiary/aromatic N) is 2. The Labute approximate surface area is 111 Å². The van der Waals surface area contributed by atoms with Gasteiger partial charge in [0.25, 0.3) is 5.69 Å². The van der Waals surface area contributed by atoms with Gasteiger partial charge in [-0.3, -0.25) is 10.1 Å². The highest BCUT2D eigenvalue weighted by Crippen LogP contribution is 2.34. The van der Waals surface area contributed by atoms with E-state index in [-0.39, 0.29) is 10.7 Å². The summed E-state index contributed by atoms with van der Waals surface area (Å²) < 4.78 is 13.0. The summed E-state index contributed by atoms with van der Waals surface area (Å²) in [6.45, 7) is 0. The van der Waals surface area contributed by atoms with Crippen molar-refractivity contribution < 1.29 is 9.31 Å². The standard InChI is InChI=1S/C11H5Cl2FN2O2/c12-6-1-2-8(9(13)3-6)11-10(16(17)18)4-7(14)5-15-11/h1-5H. The Morgan fingerprint density at radius 2 is 2.00 bits per heavy atom. The largest absolute Gasteiger partial charge is 0.298 e. The number of pyridine rings is 1. The van der Waals surface area contributed by atoms with Crippen molar-refractivity contribution in [3.05, 3.63) is 56.4 Å². The summed E-state index contributed by atoms with van der Waals surface area (Å²) in [6.07, 6.45) is 0.896. The molecule has 1 aromatic heterocycles. The molecule has 0 bridgehead atoms. The van der Waals surface area contributed by atoms with Gasteiger partial charge in [-0.1, -0.05) is 23.2 Å². The molecule has 0 amide bonds. The average molecular weight is 287 g/mol. The van der Waals surface area contributed by atoms with E-state index in [1.165, 1.54) is 18.2 Å². The van der Waals surface area contributed by atoms with E-state index in [2.05, 4.69) is 4.98 Å². The summed E-state index contributed by atoms with van der Waals surface area (Å²) in [5.74, 6) is -0.782. The van der Waals surface area contributed by atoms with Crippen molar-refractivity contribution in [2.45, 2.75) is 0 Å². The molecule has 2 aromatic rings. The second-order valence-corrected chi connectivity index (χ2v) is 4.25. The van der Waals surface area contributed by atoms with E-state index < -0.39 is 16.4 Å². The van der Waals surface area contributed by atoms with Crippen LogP contribution in [0.25, 0.3) is 11.3 Å². The average Bonchev–Trinajstić information content (AvgIpc) is 2.29. The maximum atomic E-state index is 13.0. The lowest BCUT2D eigenvalue weighted by molar-refractivity contribution is -0.384. The molecule has 4 nitrogen and oxygen atoms in total. The highest BCUT2D eigenvalue weighted by molar-refractivity contribution is 6.36. The van der Waals surface area contributed by atoms with E-state index in [0.29, 0.717) is 10.6 Å². The summed E-state index contributed by atoms with van der Waals surface area (Å²) in [7, 11) is 0. The zero-order chi connectivity index (χ0) is 13.3. The number of hydrogen-bond donors (Lipinski definition) is 0. The molecule has 1 heterocycles. The quantitative estimate of drug-likeness (QED) is 0.617. The fourth-order valence-electron chi connectivity index (χ4n) is 1.46. The van der Waals surface area contributed by atoms with Crippen LogP contribution in [-0.2, 0) is 0 Å². The Balaban J connectivity index is 2.67. The fraction of sp³-hybridized carbons (Fsp3) is 0. The van der Waals surface area contributed by atoms with Gasteiger partial charge in [0.15, 0.2) is 0 Å². The van der Waals surface area contributed by atoms with Gasteiger partial charge in [0.2, 0.25) is 0 Å². The summed E-state index contributed by atoms with van der Waals surface area (Å²) in [5.41, 5.74) is -0.116. The topological polar surface area (TPSA) is 56.0 Å². The second-order valence-electron chi connectivity index (χ2n) is 3.40. The van der Waals surface area contributed by atoms with E-state index >= 15 is 0 Å². The van der Waals surface area contributed by atoms with Crippen LogP contribution < -0.4 is 0 Å². The maximum Gasteiger partial charge on any atom is 0.298 e. The molecule has 0 atom stereocenters. The molecule has 2 rings (SSSR count). The van der Waals surface area contributed by atoms with E-state index in [9.17, 15) is 14.5 Å². The SMILES string of the molecule is O=[N+]([O-])c1cc(F)cnc1-c1ccc(Cl)cc1Cl. The molecule has 92 valence electrons. The third-order valence-electron chi connectivity index (χ3n) is 2.22. The third kappa shape index (κ3) is 2.42. The molecule has 0 N–H and O–H groups in total. The minimum Gasteiger partial charge on any atom is -0.258 e. The molecule has 0 radical (unpaired) electrons. The number of rotatable bonds is 2. The predicted molar refractivity (Wildman–Crippen MR) is 66.3 cm³/mol. The first-order valence-corrected chi connectivity index (χ1v) is 5.50. The molecule has 0 aliphatic rings. The Hall–Kier alpha value is -1.72. The van der Waals surface area contributed by atoms with Gasteiger partial charge in [-0.2, -0.15) is 0 Å². The van der Waals surface area contributed by atoms with Crippen LogP contribution in [0, 0.1) is 15.9 Å². The van der Waals surface area contributed by atoms with Gasteiger partial charge in [-0.05, 0) is 18.2 Å². The molecule has 0 aliphatic heterocycles. The van der Waals surface area contributed by atoms with Crippen LogP contribution in [0.2, 0.25) is 10.0 Å². The Kier molecular flexibility index (Phi) is 3.45. The monoisotopic (exact) mass is 286 g/mol. The molecule has 0 aliphatic carbocycles. The van der Waals surface area contributed by atoms with Gasteiger partial charge in [0.1, 0.15) is 11.5 Å². The van der Waals surface area contributed by atoms with Crippen molar-refractivity contribution in [3.8, 4) is 11.3 Å². The number of nitro groups is 1. The van der Waals surface area contributed by atoms with Crippen molar-refractivity contribution in [3.63, 3.8) is 0 Å². The smallest absolute Gasteiger partial charge is 0.258 e. The number of aromatic nitrogens is 1. The molecular formula is C11H5Cl2FN2O2. The Morgan fingerprint density at radius 1 is 1.28 bits per heavy atom. The van der Waals surface area contributed by atoms with Crippen molar-refractivity contribution in [1.29, 1.82) is 0 Å². The van der Waals surface area contributed by atoms with Crippen LogP contribution in [-0.4, -0.2) is 9.91 Å². The van der Waals surface area contributed by atoms with E-state index in [4.69, 9.17) is 23.2 Å². The summed E-state index contributed by atoms with van der Waals surface area (Å²) in [4.78, 5) is 13.9. The lowest BCUT2D eigenvalue weighted by Gasteiger charge is -2.05. The number of halogens is 3. The van der Waals surface area contributed by atoms with Crippen LogP contribution in [0.3, 0.4) is 0 Å². The normalized spacial score (nSPS) is 10.4. The van der Waals surface area contributed by atoms with Gasteiger partial charge in [0, 0.05) is 10.6 Å². The van der Waals surface area contributed by atoms with Crippen LogP contribution in [0.5, 0.6) is 0 Å². The van der Waals surface area contributed by atoms with Gasteiger partial charge in [-0.15, -0.1) is 0 Å². The molecular weight excluding hydrogens is 282 g/mol. The maximum absolute atomic E-state index is 13.0. The van der Waals surface area contributed by atoms with Gasteiger partial charge >= 0.3 is 0 Å². The van der Waals surface area contributed by atoms with Crippen molar-refractivity contribution >= 4 is 28.9 Å². The Bertz CT molecular complexity index is 634. The minimum atomic E-state index is -0.782. The summed E-state index contributed by atoms with van der Waals surface area (Å²) in [5, 5.41) is 11.5. The number of benzene rings is 1. The molecule has 1 aromatic carbocycles. The fourth-order valence-corrected chi connectivity index (χ4v) is 1.95. The first-order valence-electron chi connectivity index (χ1n) is 4.74. The van der Waals surface area contributed by atoms with Gasteiger partial charge in [-0.25, -0.2) is 9.37 Å². The minimum absolute atomic E-state index is 0.00284. The van der Waals surface area contributed by atoms with E-state index in [1.807, 2.05) is 0 Å². The molecule has 0 unspecified atom stereocenters. The molecule has 0 fully saturated rings. The highest BCUT2D eigenvalue weighted by atomic mass is 35.5. The molecule has 0 spiro atoms. The Morgan fingerprint density at radius 3 is 2.61 bits per heavy atom. The van der Waals surface area contributed by atoms with Gasteiger partial charge < -0.3 is 0 Å². The van der Waals surface area contributed by atoms with E-state index in [1.54, 1.807) is 0 Å². The summed E-state index contributed by atoms with van der Waals surface area (Å²) >= 11 is 11.7. The highest BCUT2D eigenvalue weighted by Gasteiger charge is 2.20. The second kappa shape index (κ2) is 4.88. The number of hydrogen-bond acceptors (Lipinski definition) is 3. The first-order chi connectivity index (χ1) is 8.49. The molecule has 0 saturated heterocycles. The van der Waals surface area contributed by atoms with Crippen molar-refractivity contribution in [1.82, 2.24) is 4.98 Å². The predicted octanol–water partition coefficient (Wildman–Crippen LogP) is 4.10. The molecule has 18 heavy (non-hydrogen) atoms. The van der Waals surface area contributed by atoms with Crippen LogP contribution in [0.4, 0.5) is 10.1 Å². The van der Waals surface area contributed by atoms with E-state index in [0.717, 1.165) is 12.3 Å². The first kappa shape index (κ1) is 12.7. The zero-order valence-corrected chi connectivity index (χ0v) is 10.2. The van der Waals surface area contributed by atoms with Crippen LogP contribution in [0.1, 0.15) is 0 Å². The van der Waals surface area contributed by atoms with Crippen LogP contribution >= 0.6 is 23.2 Å². The van der Waals surface area contributed by atoms with Crippen LogP contribution in [0.15, 0.2) is 30.5 Å². The van der Waals surface area contributed by atoms with Gasteiger partial charge in [0.05, 0.1) is 22.2 Å². The third-order valence-corrected chi connectivity index (χ3v) is 2.76. The van der Waals surface area contributed by atoms with Crippen molar-refractivity contribution in [2.24, 2.45) is 0 Å². The lowest BCUT2D eigenvalue weighted by Crippen LogP contribution is -1.96. The summed E-state index contributed by atoms with van der Waals surface area (Å²) in [6, 6.07) is 5.26. The van der Waals surface area contributed by atoms with Crippen molar-refractivity contribution in [2.75, 3.05) is 0 Å². The molecule has 7 heteroatoms. The molecule has 0 saturated carbocycles.